The van der Waals surface area contributed by atoms with E-state index in [0.717, 1.165) is 5.88 Å². The molecule has 1 aromatic heterocycles. The lowest BCUT2D eigenvalue weighted by Gasteiger charge is -2.01. The van der Waals surface area contributed by atoms with Gasteiger partial charge in [-0.2, -0.15) is 0 Å². The highest BCUT2D eigenvalue weighted by atomic mass is 35.5. The first kappa shape index (κ1) is 12.5. The lowest BCUT2D eigenvalue weighted by molar-refractivity contribution is 0.608. The van der Waals surface area contributed by atoms with Crippen molar-refractivity contribution in [3.05, 3.63) is 30.1 Å². The molecule has 0 radical (unpaired) electrons. The summed E-state index contributed by atoms with van der Waals surface area (Å²) in [6, 6.07) is 4.16. The molecule has 1 heterocycles. The Labute approximate surface area is 97.9 Å². The van der Waals surface area contributed by atoms with E-state index in [9.17, 15) is 0 Å². The van der Waals surface area contributed by atoms with Crippen molar-refractivity contribution in [2.24, 2.45) is 0 Å². The van der Waals surface area contributed by atoms with Gasteiger partial charge in [-0.1, -0.05) is 31.7 Å². The van der Waals surface area contributed by atoms with E-state index < -0.39 is 0 Å². The molecular formula is C13H20ClN. The molecule has 1 nitrogen and oxygen atoms in total. The molecule has 0 saturated carbocycles. The molecule has 0 bridgehead atoms. The molecule has 0 amide bonds. The molecule has 1 rings (SSSR count). The molecule has 2 heteroatoms. The highest BCUT2D eigenvalue weighted by molar-refractivity contribution is 6.17. The number of alkyl halides is 1. The van der Waals surface area contributed by atoms with Gasteiger partial charge in [-0.25, -0.2) is 0 Å². The van der Waals surface area contributed by atoms with Gasteiger partial charge in [-0.3, -0.25) is 4.98 Å². The minimum Gasteiger partial charge on any atom is -0.264 e. The number of rotatable bonds is 8. The van der Waals surface area contributed by atoms with Gasteiger partial charge in [0.1, 0.15) is 0 Å². The maximum Gasteiger partial charge on any atom is 0.0299 e. The van der Waals surface area contributed by atoms with Crippen LogP contribution in [0.15, 0.2) is 24.5 Å². The van der Waals surface area contributed by atoms with Crippen LogP contribution in [0.3, 0.4) is 0 Å². The summed E-state index contributed by atoms with van der Waals surface area (Å²) < 4.78 is 0. The maximum atomic E-state index is 5.61. The van der Waals surface area contributed by atoms with Gasteiger partial charge < -0.3 is 0 Å². The second-order valence-electron chi connectivity index (χ2n) is 3.92. The Morgan fingerprint density at radius 3 is 2.40 bits per heavy atom. The molecule has 0 aliphatic carbocycles. The van der Waals surface area contributed by atoms with Gasteiger partial charge in [0.2, 0.25) is 0 Å². The zero-order valence-electron chi connectivity index (χ0n) is 9.29. The molecule has 0 N–H and O–H groups in total. The smallest absolute Gasteiger partial charge is 0.0299 e. The minimum atomic E-state index is 0.815. The van der Waals surface area contributed by atoms with Gasteiger partial charge in [-0.15, -0.1) is 11.6 Å². The molecule has 0 aliphatic rings. The molecule has 84 valence electrons. The summed E-state index contributed by atoms with van der Waals surface area (Å²) in [4.78, 5) is 4.11. The van der Waals surface area contributed by atoms with Crippen LogP contribution in [0.2, 0.25) is 0 Å². The fourth-order valence-electron chi connectivity index (χ4n) is 1.68. The lowest BCUT2D eigenvalue weighted by Crippen LogP contribution is -1.87. The number of aromatic nitrogens is 1. The Morgan fingerprint density at radius 2 is 1.73 bits per heavy atom. The lowest BCUT2D eigenvalue weighted by atomic mass is 10.1. The summed E-state index contributed by atoms with van der Waals surface area (Å²) in [6.07, 6.45) is 12.7. The van der Waals surface area contributed by atoms with E-state index in [-0.39, 0.29) is 0 Å². The normalized spacial score (nSPS) is 10.5. The molecule has 0 spiro atoms. The van der Waals surface area contributed by atoms with Gasteiger partial charge in [0, 0.05) is 18.3 Å². The first-order valence-corrected chi connectivity index (χ1v) is 6.42. The van der Waals surface area contributed by atoms with Gasteiger partial charge in [0.15, 0.2) is 0 Å². The first-order chi connectivity index (χ1) is 7.43. The fraction of sp³-hybridized carbons (Fsp3) is 0.615. The third-order valence-corrected chi connectivity index (χ3v) is 2.84. The average molecular weight is 226 g/mol. The highest BCUT2D eigenvalue weighted by Gasteiger charge is 1.93. The van der Waals surface area contributed by atoms with Crippen molar-refractivity contribution in [1.29, 1.82) is 0 Å². The zero-order chi connectivity index (χ0) is 10.8. The molecule has 1 aromatic rings. The number of hydrogen-bond donors (Lipinski definition) is 0. The number of aryl methyl sites for hydroxylation is 1. The first-order valence-electron chi connectivity index (χ1n) is 5.88. The van der Waals surface area contributed by atoms with E-state index in [0.29, 0.717) is 0 Å². The SMILES string of the molecule is ClCCCCCCCCc1cccnc1. The van der Waals surface area contributed by atoms with Crippen LogP contribution in [0, 0.1) is 0 Å². The number of nitrogens with zero attached hydrogens (tertiary/aromatic N) is 1. The van der Waals surface area contributed by atoms with Gasteiger partial charge in [0.05, 0.1) is 0 Å². The Hall–Kier alpha value is -0.560. The molecular weight excluding hydrogens is 206 g/mol. The maximum absolute atomic E-state index is 5.61. The quantitative estimate of drug-likeness (QED) is 0.477. The number of pyridine rings is 1. The zero-order valence-corrected chi connectivity index (χ0v) is 10.0. The van der Waals surface area contributed by atoms with Crippen LogP contribution < -0.4 is 0 Å². The highest BCUT2D eigenvalue weighted by Crippen LogP contribution is 2.09. The van der Waals surface area contributed by atoms with Crippen molar-refractivity contribution in [3.8, 4) is 0 Å². The van der Waals surface area contributed by atoms with Crippen LogP contribution in [0.4, 0.5) is 0 Å². The fourth-order valence-corrected chi connectivity index (χ4v) is 1.87. The van der Waals surface area contributed by atoms with Gasteiger partial charge in [-0.05, 0) is 30.9 Å². The minimum absolute atomic E-state index is 0.815. The van der Waals surface area contributed by atoms with Crippen molar-refractivity contribution < 1.29 is 0 Å². The van der Waals surface area contributed by atoms with Crippen LogP contribution in [0.1, 0.15) is 44.1 Å². The third kappa shape index (κ3) is 6.51. The summed E-state index contributed by atoms with van der Waals surface area (Å²) in [5.74, 6) is 0.815. The number of hydrogen-bond acceptors (Lipinski definition) is 1. The van der Waals surface area contributed by atoms with Crippen molar-refractivity contribution in [2.45, 2.75) is 44.9 Å². The van der Waals surface area contributed by atoms with Gasteiger partial charge in [0.25, 0.3) is 0 Å². The van der Waals surface area contributed by atoms with Crippen molar-refractivity contribution in [1.82, 2.24) is 4.98 Å². The summed E-state index contributed by atoms with van der Waals surface area (Å²) in [5, 5.41) is 0. The van der Waals surface area contributed by atoms with E-state index in [1.165, 1.54) is 50.5 Å². The standard InChI is InChI=1S/C13H20ClN/c14-10-6-4-2-1-3-5-8-13-9-7-11-15-12-13/h7,9,11-12H,1-6,8,10H2. The molecule has 0 saturated heterocycles. The molecule has 15 heavy (non-hydrogen) atoms. The average Bonchev–Trinajstić information content (AvgIpc) is 2.29. The monoisotopic (exact) mass is 225 g/mol. The summed E-state index contributed by atoms with van der Waals surface area (Å²) in [5.41, 5.74) is 1.36. The van der Waals surface area contributed by atoms with E-state index >= 15 is 0 Å². The van der Waals surface area contributed by atoms with Crippen LogP contribution in [-0.2, 0) is 6.42 Å². The van der Waals surface area contributed by atoms with Crippen LogP contribution in [0.25, 0.3) is 0 Å². The third-order valence-electron chi connectivity index (χ3n) is 2.57. The Bertz CT molecular complexity index is 236. The Balaban J connectivity index is 1.93. The van der Waals surface area contributed by atoms with E-state index in [1.54, 1.807) is 0 Å². The van der Waals surface area contributed by atoms with E-state index in [2.05, 4.69) is 11.1 Å². The predicted molar refractivity (Wildman–Crippen MR) is 66.4 cm³/mol. The van der Waals surface area contributed by atoms with Crippen LogP contribution in [0.5, 0.6) is 0 Å². The Morgan fingerprint density at radius 1 is 1.00 bits per heavy atom. The molecule has 0 aromatic carbocycles. The van der Waals surface area contributed by atoms with Crippen molar-refractivity contribution in [3.63, 3.8) is 0 Å². The van der Waals surface area contributed by atoms with Crippen molar-refractivity contribution >= 4 is 11.6 Å². The van der Waals surface area contributed by atoms with E-state index in [1.807, 2.05) is 18.5 Å². The van der Waals surface area contributed by atoms with Crippen molar-refractivity contribution in [2.75, 3.05) is 5.88 Å². The molecule has 0 aliphatic heterocycles. The molecule has 0 atom stereocenters. The predicted octanol–water partition coefficient (Wildman–Crippen LogP) is 4.20. The summed E-state index contributed by atoms with van der Waals surface area (Å²) in [7, 11) is 0. The molecule has 0 unspecified atom stereocenters. The summed E-state index contributed by atoms with van der Waals surface area (Å²) in [6.45, 7) is 0. The Kier molecular flexibility index (Phi) is 7.28. The van der Waals surface area contributed by atoms with Crippen LogP contribution >= 0.6 is 11.6 Å². The second kappa shape index (κ2) is 8.72. The number of halogens is 1. The van der Waals surface area contributed by atoms with Crippen LogP contribution in [-0.4, -0.2) is 10.9 Å². The largest absolute Gasteiger partial charge is 0.264 e. The number of unbranched alkanes of at least 4 members (excludes halogenated alkanes) is 5. The topological polar surface area (TPSA) is 12.9 Å². The molecule has 0 fully saturated rings. The second-order valence-corrected chi connectivity index (χ2v) is 4.30. The van der Waals surface area contributed by atoms with Gasteiger partial charge >= 0.3 is 0 Å². The summed E-state index contributed by atoms with van der Waals surface area (Å²) >= 11 is 5.61. The van der Waals surface area contributed by atoms with E-state index in [4.69, 9.17) is 11.6 Å².